The highest BCUT2D eigenvalue weighted by molar-refractivity contribution is 5.48. The molecule has 0 aliphatic carbocycles. The third-order valence-electron chi connectivity index (χ3n) is 1.54. The molecule has 0 radical (unpaired) electrons. The van der Waals surface area contributed by atoms with Gasteiger partial charge in [-0.3, -0.25) is 0 Å². The molecule has 0 fully saturated rings. The van der Waals surface area contributed by atoms with Crippen molar-refractivity contribution < 1.29 is 0 Å². The second-order valence-corrected chi connectivity index (χ2v) is 2.56. The molecular formula is C12H16. The Bertz CT molecular complexity index is 249. The summed E-state index contributed by atoms with van der Waals surface area (Å²) in [6.07, 6.45) is 7.59. The van der Waals surface area contributed by atoms with Crippen LogP contribution in [0.25, 0.3) is 0 Å². The summed E-state index contributed by atoms with van der Waals surface area (Å²) in [7, 11) is 0. The monoisotopic (exact) mass is 160 g/mol. The zero-order chi connectivity index (χ0) is 9.56. The molecule has 0 aromatic carbocycles. The van der Waals surface area contributed by atoms with E-state index in [4.69, 9.17) is 0 Å². The maximum absolute atomic E-state index is 3.87. The highest BCUT2D eigenvalue weighted by Gasteiger charge is 1.96. The summed E-state index contributed by atoms with van der Waals surface area (Å²) in [6.45, 7) is 15.3. The van der Waals surface area contributed by atoms with Gasteiger partial charge in [-0.1, -0.05) is 49.6 Å². The van der Waals surface area contributed by atoms with Gasteiger partial charge in [-0.25, -0.2) is 0 Å². The summed E-state index contributed by atoms with van der Waals surface area (Å²) >= 11 is 0. The molecule has 0 N–H and O–H groups in total. The second kappa shape index (κ2) is 5.36. The second-order valence-electron chi connectivity index (χ2n) is 2.56. The van der Waals surface area contributed by atoms with Gasteiger partial charge in [0.15, 0.2) is 0 Å². The molecular weight excluding hydrogens is 144 g/mol. The van der Waals surface area contributed by atoms with E-state index < -0.39 is 0 Å². The van der Waals surface area contributed by atoms with Crippen LogP contribution in [0.4, 0.5) is 0 Å². The minimum Gasteiger partial charge on any atom is -0.0984 e. The van der Waals surface area contributed by atoms with Crippen molar-refractivity contribution in [1.82, 2.24) is 0 Å². The van der Waals surface area contributed by atoms with Crippen LogP contribution in [0.5, 0.6) is 0 Å². The van der Waals surface area contributed by atoms with Crippen molar-refractivity contribution in [1.29, 1.82) is 0 Å². The maximum atomic E-state index is 3.87. The zero-order valence-corrected chi connectivity index (χ0v) is 7.93. The molecule has 0 heterocycles. The Hall–Kier alpha value is -1.30. The fraction of sp³-hybridized carbons (Fsp3) is 0.167. The van der Waals surface area contributed by atoms with Crippen molar-refractivity contribution in [2.24, 2.45) is 0 Å². The van der Waals surface area contributed by atoms with Gasteiger partial charge in [-0.2, -0.15) is 0 Å². The van der Waals surface area contributed by atoms with Crippen LogP contribution in [-0.2, 0) is 0 Å². The molecule has 0 atom stereocenters. The molecule has 0 unspecified atom stereocenters. The molecule has 0 bridgehead atoms. The summed E-state index contributed by atoms with van der Waals surface area (Å²) < 4.78 is 0. The predicted molar refractivity (Wildman–Crippen MR) is 57.0 cm³/mol. The Balaban J connectivity index is 5.14. The highest BCUT2D eigenvalue weighted by atomic mass is 14.0. The number of allylic oxidation sites excluding steroid dienone is 7. The van der Waals surface area contributed by atoms with Crippen LogP contribution in [0.3, 0.4) is 0 Å². The van der Waals surface area contributed by atoms with Crippen LogP contribution in [0.15, 0.2) is 60.8 Å². The van der Waals surface area contributed by atoms with Crippen LogP contribution < -0.4 is 0 Å². The van der Waals surface area contributed by atoms with Gasteiger partial charge in [-0.05, 0) is 25.0 Å². The molecule has 0 saturated carbocycles. The Morgan fingerprint density at radius 2 is 1.75 bits per heavy atom. The molecule has 0 saturated heterocycles. The molecule has 0 heteroatoms. The fourth-order valence-corrected chi connectivity index (χ4v) is 0.986. The number of hydrogen-bond donors (Lipinski definition) is 0. The topological polar surface area (TPSA) is 0 Å². The molecule has 0 aromatic heterocycles. The van der Waals surface area contributed by atoms with Gasteiger partial charge in [0.1, 0.15) is 0 Å². The van der Waals surface area contributed by atoms with Crippen molar-refractivity contribution in [3.63, 3.8) is 0 Å². The Kier molecular flexibility index (Phi) is 4.78. The first-order chi connectivity index (χ1) is 5.67. The van der Waals surface area contributed by atoms with E-state index in [1.807, 2.05) is 32.1 Å². The SMILES string of the molecule is C=CC(/C=C\C)=C(/C=C)C(=C)C. The van der Waals surface area contributed by atoms with Gasteiger partial charge < -0.3 is 0 Å². The average molecular weight is 160 g/mol. The summed E-state index contributed by atoms with van der Waals surface area (Å²) in [5, 5.41) is 0. The van der Waals surface area contributed by atoms with Crippen molar-refractivity contribution in [2.45, 2.75) is 13.8 Å². The molecule has 0 aliphatic rings. The van der Waals surface area contributed by atoms with E-state index in [9.17, 15) is 0 Å². The quantitative estimate of drug-likeness (QED) is 0.549. The predicted octanol–water partition coefficient (Wildman–Crippen LogP) is 3.81. The van der Waals surface area contributed by atoms with Gasteiger partial charge in [0.2, 0.25) is 0 Å². The summed E-state index contributed by atoms with van der Waals surface area (Å²) in [6, 6.07) is 0. The molecule has 0 rings (SSSR count). The average Bonchev–Trinajstić information content (AvgIpc) is 2.03. The van der Waals surface area contributed by atoms with Gasteiger partial charge in [-0.15, -0.1) is 0 Å². The van der Waals surface area contributed by atoms with Crippen molar-refractivity contribution >= 4 is 0 Å². The van der Waals surface area contributed by atoms with E-state index in [1.165, 1.54) is 0 Å². The Labute approximate surface area is 75.3 Å². The zero-order valence-electron chi connectivity index (χ0n) is 7.93. The van der Waals surface area contributed by atoms with Gasteiger partial charge in [0.05, 0.1) is 0 Å². The lowest BCUT2D eigenvalue weighted by molar-refractivity contribution is 1.41. The van der Waals surface area contributed by atoms with Crippen molar-refractivity contribution in [3.05, 3.63) is 60.8 Å². The molecule has 64 valence electrons. The summed E-state index contributed by atoms with van der Waals surface area (Å²) in [5.74, 6) is 0. The van der Waals surface area contributed by atoms with Crippen LogP contribution in [-0.4, -0.2) is 0 Å². The molecule has 0 nitrogen and oxygen atoms in total. The first-order valence-corrected chi connectivity index (χ1v) is 3.95. The van der Waals surface area contributed by atoms with E-state index in [0.717, 1.165) is 16.7 Å². The first kappa shape index (κ1) is 10.7. The first-order valence-electron chi connectivity index (χ1n) is 3.95. The minimum absolute atomic E-state index is 1.01. The normalized spacial score (nSPS) is 12.5. The molecule has 0 amide bonds. The molecule has 12 heavy (non-hydrogen) atoms. The van der Waals surface area contributed by atoms with Crippen LogP contribution >= 0.6 is 0 Å². The fourth-order valence-electron chi connectivity index (χ4n) is 0.986. The minimum atomic E-state index is 1.01. The Morgan fingerprint density at radius 3 is 2.00 bits per heavy atom. The number of hydrogen-bond acceptors (Lipinski definition) is 0. The van der Waals surface area contributed by atoms with Gasteiger partial charge in [0.25, 0.3) is 0 Å². The third-order valence-corrected chi connectivity index (χ3v) is 1.54. The van der Waals surface area contributed by atoms with E-state index in [-0.39, 0.29) is 0 Å². The lowest BCUT2D eigenvalue weighted by Crippen LogP contribution is -1.84. The maximum Gasteiger partial charge on any atom is -0.0167 e. The largest absolute Gasteiger partial charge is 0.0984 e. The van der Waals surface area contributed by atoms with Gasteiger partial charge >= 0.3 is 0 Å². The summed E-state index contributed by atoms with van der Waals surface area (Å²) in [4.78, 5) is 0. The Morgan fingerprint density at radius 1 is 1.17 bits per heavy atom. The van der Waals surface area contributed by atoms with Crippen molar-refractivity contribution in [2.75, 3.05) is 0 Å². The molecule has 0 spiro atoms. The standard InChI is InChI=1S/C12H16/c1-6-9-11(7-2)12(8-3)10(4)5/h6-9H,2-4H2,1,5H3/b9-6-,12-11+. The van der Waals surface area contributed by atoms with Crippen LogP contribution in [0.2, 0.25) is 0 Å². The van der Waals surface area contributed by atoms with Crippen molar-refractivity contribution in [3.8, 4) is 0 Å². The van der Waals surface area contributed by atoms with Crippen LogP contribution in [0.1, 0.15) is 13.8 Å². The molecule has 0 aliphatic heterocycles. The van der Waals surface area contributed by atoms with E-state index >= 15 is 0 Å². The third kappa shape index (κ3) is 2.75. The van der Waals surface area contributed by atoms with Gasteiger partial charge in [0, 0.05) is 0 Å². The van der Waals surface area contributed by atoms with Crippen LogP contribution in [0, 0.1) is 0 Å². The number of rotatable bonds is 4. The highest BCUT2D eigenvalue weighted by Crippen LogP contribution is 2.15. The molecule has 0 aromatic rings. The lowest BCUT2D eigenvalue weighted by atomic mass is 10.0. The lowest BCUT2D eigenvalue weighted by Gasteiger charge is -2.03. The smallest absolute Gasteiger partial charge is 0.0167 e. The summed E-state index contributed by atoms with van der Waals surface area (Å²) in [5.41, 5.74) is 3.14. The van der Waals surface area contributed by atoms with E-state index in [1.54, 1.807) is 6.08 Å². The van der Waals surface area contributed by atoms with E-state index in [0.29, 0.717) is 0 Å². The van der Waals surface area contributed by atoms with E-state index in [2.05, 4.69) is 19.7 Å².